The van der Waals surface area contributed by atoms with Crippen LogP contribution in [-0.2, 0) is 9.53 Å². The summed E-state index contributed by atoms with van der Waals surface area (Å²) in [6, 6.07) is 10.1. The second-order valence-electron chi connectivity index (χ2n) is 8.55. The Kier molecular flexibility index (Phi) is 6.21. The standard InChI is InChI=1S/C23H29N5O3S/c1-31-23(30)20-13-21(17-4-2-3-5-18(17)25-20)27-8-6-26(7-9-27)16-12-19(24-14-16)22(29)28-10-11-32-15-28/h2-5,13,16,19,24H,6-12,14-15H2,1H3/t16-,19-/m0/s1. The largest absolute Gasteiger partial charge is 0.464 e. The Morgan fingerprint density at radius 2 is 1.97 bits per heavy atom. The second-order valence-corrected chi connectivity index (χ2v) is 9.62. The van der Waals surface area contributed by atoms with Crippen molar-refractivity contribution in [2.24, 2.45) is 0 Å². The van der Waals surface area contributed by atoms with Gasteiger partial charge >= 0.3 is 5.97 Å². The van der Waals surface area contributed by atoms with Gasteiger partial charge in [-0.25, -0.2) is 9.78 Å². The van der Waals surface area contributed by atoms with Crippen LogP contribution in [0.4, 0.5) is 5.69 Å². The van der Waals surface area contributed by atoms with Crippen LogP contribution in [0.15, 0.2) is 30.3 Å². The third kappa shape index (κ3) is 4.16. The molecule has 3 fully saturated rings. The maximum atomic E-state index is 12.7. The first kappa shape index (κ1) is 21.5. The number of thioether (sulfide) groups is 1. The van der Waals surface area contributed by atoms with Crippen molar-refractivity contribution < 1.29 is 14.3 Å². The Morgan fingerprint density at radius 3 is 2.72 bits per heavy atom. The normalized spacial score (nSPS) is 24.3. The van der Waals surface area contributed by atoms with E-state index in [4.69, 9.17) is 4.74 Å². The van der Waals surface area contributed by atoms with Gasteiger partial charge in [0.1, 0.15) is 0 Å². The number of pyridine rings is 1. The molecule has 0 aliphatic carbocycles. The fraction of sp³-hybridized carbons (Fsp3) is 0.522. The van der Waals surface area contributed by atoms with E-state index in [1.165, 1.54) is 7.11 Å². The molecule has 9 heteroatoms. The molecule has 0 unspecified atom stereocenters. The van der Waals surface area contributed by atoms with E-state index in [-0.39, 0.29) is 11.9 Å². The highest BCUT2D eigenvalue weighted by Crippen LogP contribution is 2.29. The predicted molar refractivity (Wildman–Crippen MR) is 126 cm³/mol. The van der Waals surface area contributed by atoms with Crippen LogP contribution in [-0.4, -0.2) is 96.8 Å². The predicted octanol–water partition coefficient (Wildman–Crippen LogP) is 1.41. The number of nitrogens with one attached hydrogen (secondary N) is 1. The van der Waals surface area contributed by atoms with Gasteiger partial charge in [-0.15, -0.1) is 11.8 Å². The summed E-state index contributed by atoms with van der Waals surface area (Å²) >= 11 is 1.83. The molecule has 2 aromatic rings. The zero-order valence-corrected chi connectivity index (χ0v) is 19.1. The maximum Gasteiger partial charge on any atom is 0.356 e. The number of carbonyl (C=O) groups excluding carboxylic acids is 2. The summed E-state index contributed by atoms with van der Waals surface area (Å²) in [5, 5.41) is 4.51. The topological polar surface area (TPSA) is 78.0 Å². The summed E-state index contributed by atoms with van der Waals surface area (Å²) in [5.74, 6) is 1.72. The van der Waals surface area contributed by atoms with Crippen molar-refractivity contribution in [3.63, 3.8) is 0 Å². The summed E-state index contributed by atoms with van der Waals surface area (Å²) in [6.07, 6.45) is 0.880. The first-order valence-corrected chi connectivity index (χ1v) is 12.4. The molecule has 0 spiro atoms. The van der Waals surface area contributed by atoms with E-state index in [1.807, 2.05) is 40.9 Å². The number of esters is 1. The smallest absolute Gasteiger partial charge is 0.356 e. The number of nitrogens with zero attached hydrogens (tertiary/aromatic N) is 4. The van der Waals surface area contributed by atoms with Gasteiger partial charge in [-0.05, 0) is 18.6 Å². The van der Waals surface area contributed by atoms with Crippen LogP contribution in [0.3, 0.4) is 0 Å². The zero-order chi connectivity index (χ0) is 22.1. The Labute approximate surface area is 192 Å². The zero-order valence-electron chi connectivity index (χ0n) is 18.3. The van der Waals surface area contributed by atoms with Crippen molar-refractivity contribution in [3.8, 4) is 0 Å². The number of hydrogen-bond acceptors (Lipinski definition) is 8. The van der Waals surface area contributed by atoms with Gasteiger partial charge in [0.05, 0.1) is 24.5 Å². The lowest BCUT2D eigenvalue weighted by atomic mass is 10.1. The number of anilines is 1. The fourth-order valence-electron chi connectivity index (χ4n) is 4.95. The number of ether oxygens (including phenoxy) is 1. The molecule has 3 aliphatic rings. The van der Waals surface area contributed by atoms with Crippen LogP contribution in [0.25, 0.3) is 10.9 Å². The summed E-state index contributed by atoms with van der Waals surface area (Å²) in [7, 11) is 1.38. The van der Waals surface area contributed by atoms with Crippen molar-refractivity contribution in [1.29, 1.82) is 0 Å². The van der Waals surface area contributed by atoms with Gasteiger partial charge in [-0.2, -0.15) is 0 Å². The van der Waals surface area contributed by atoms with Gasteiger partial charge in [0, 0.05) is 62.1 Å². The highest BCUT2D eigenvalue weighted by Gasteiger charge is 2.36. The molecule has 0 bridgehead atoms. The first-order chi connectivity index (χ1) is 15.6. The molecule has 3 saturated heterocycles. The number of para-hydroxylation sites is 1. The van der Waals surface area contributed by atoms with Gasteiger partial charge in [-0.1, -0.05) is 18.2 Å². The third-order valence-electron chi connectivity index (χ3n) is 6.73. The number of benzene rings is 1. The molecule has 1 amide bonds. The number of hydrogen-bond donors (Lipinski definition) is 1. The number of piperazine rings is 1. The monoisotopic (exact) mass is 455 g/mol. The molecule has 4 heterocycles. The van der Waals surface area contributed by atoms with Crippen LogP contribution in [0, 0.1) is 0 Å². The molecule has 32 heavy (non-hydrogen) atoms. The van der Waals surface area contributed by atoms with Crippen LogP contribution in [0.1, 0.15) is 16.9 Å². The molecule has 1 N–H and O–H groups in total. The summed E-state index contributed by atoms with van der Waals surface area (Å²) in [6.45, 7) is 5.33. The van der Waals surface area contributed by atoms with E-state index >= 15 is 0 Å². The lowest BCUT2D eigenvalue weighted by Gasteiger charge is -2.39. The van der Waals surface area contributed by atoms with E-state index in [9.17, 15) is 9.59 Å². The van der Waals surface area contributed by atoms with E-state index in [0.29, 0.717) is 11.7 Å². The lowest BCUT2D eigenvalue weighted by Crippen LogP contribution is -2.51. The summed E-state index contributed by atoms with van der Waals surface area (Å²) in [4.78, 5) is 36.2. The van der Waals surface area contributed by atoms with Crippen molar-refractivity contribution in [2.75, 3.05) is 62.9 Å². The van der Waals surface area contributed by atoms with Gasteiger partial charge in [0.25, 0.3) is 0 Å². The van der Waals surface area contributed by atoms with Crippen molar-refractivity contribution in [1.82, 2.24) is 20.1 Å². The molecule has 170 valence electrons. The molecule has 0 radical (unpaired) electrons. The minimum absolute atomic E-state index is 0.0523. The maximum absolute atomic E-state index is 12.7. The van der Waals surface area contributed by atoms with Crippen LogP contribution < -0.4 is 10.2 Å². The molecule has 1 aromatic carbocycles. The SMILES string of the molecule is COC(=O)c1cc(N2CCN([C@@H]3CN[C@H](C(=O)N4CCSC4)C3)CC2)c2ccccc2n1. The Morgan fingerprint density at radius 1 is 1.16 bits per heavy atom. The highest BCUT2D eigenvalue weighted by molar-refractivity contribution is 7.99. The van der Waals surface area contributed by atoms with Crippen molar-refractivity contribution in [2.45, 2.75) is 18.5 Å². The molecular weight excluding hydrogens is 426 g/mol. The Bertz CT molecular complexity index is 1000. The molecule has 8 nitrogen and oxygen atoms in total. The summed E-state index contributed by atoms with van der Waals surface area (Å²) < 4.78 is 4.91. The Hall–Kier alpha value is -2.36. The molecule has 2 atom stereocenters. The minimum Gasteiger partial charge on any atom is -0.464 e. The number of fused-ring (bicyclic) bond motifs is 1. The summed E-state index contributed by atoms with van der Waals surface area (Å²) in [5.41, 5.74) is 2.17. The molecule has 0 saturated carbocycles. The van der Waals surface area contributed by atoms with E-state index < -0.39 is 5.97 Å². The van der Waals surface area contributed by atoms with Crippen LogP contribution in [0.5, 0.6) is 0 Å². The van der Waals surface area contributed by atoms with Crippen LogP contribution in [0.2, 0.25) is 0 Å². The number of amides is 1. The minimum atomic E-state index is -0.417. The van der Waals surface area contributed by atoms with Crippen molar-refractivity contribution >= 4 is 40.2 Å². The van der Waals surface area contributed by atoms with E-state index in [2.05, 4.69) is 26.2 Å². The Balaban J connectivity index is 1.26. The lowest BCUT2D eigenvalue weighted by molar-refractivity contribution is -0.131. The molecule has 5 rings (SSSR count). The number of rotatable bonds is 4. The van der Waals surface area contributed by atoms with Gasteiger partial charge in [0.2, 0.25) is 5.91 Å². The van der Waals surface area contributed by atoms with Gasteiger partial charge < -0.3 is 19.9 Å². The number of aromatic nitrogens is 1. The van der Waals surface area contributed by atoms with Gasteiger partial charge in [0.15, 0.2) is 5.69 Å². The first-order valence-electron chi connectivity index (χ1n) is 11.2. The highest BCUT2D eigenvalue weighted by atomic mass is 32.2. The fourth-order valence-corrected chi connectivity index (χ4v) is 5.90. The van der Waals surface area contributed by atoms with E-state index in [0.717, 1.165) is 73.9 Å². The third-order valence-corrected chi connectivity index (χ3v) is 7.70. The molecule has 1 aromatic heterocycles. The molecule has 3 aliphatic heterocycles. The van der Waals surface area contributed by atoms with Crippen molar-refractivity contribution in [3.05, 3.63) is 36.0 Å². The van der Waals surface area contributed by atoms with Gasteiger partial charge in [-0.3, -0.25) is 9.69 Å². The number of methoxy groups -OCH3 is 1. The average Bonchev–Trinajstić information content (AvgIpc) is 3.55. The van der Waals surface area contributed by atoms with Crippen LogP contribution >= 0.6 is 11.8 Å². The average molecular weight is 456 g/mol. The number of carbonyl (C=O) groups is 2. The quantitative estimate of drug-likeness (QED) is 0.694. The van der Waals surface area contributed by atoms with E-state index in [1.54, 1.807) is 0 Å². The second kappa shape index (κ2) is 9.25. The molecular formula is C23H29N5O3S.